The second-order valence-corrected chi connectivity index (χ2v) is 4.49. The number of halogens is 1. The van der Waals surface area contributed by atoms with Gasteiger partial charge in [-0.2, -0.15) is 0 Å². The molecule has 6 heteroatoms. The van der Waals surface area contributed by atoms with Crippen LogP contribution in [0.25, 0.3) is 0 Å². The quantitative estimate of drug-likeness (QED) is 0.436. The molecule has 0 unspecified atom stereocenters. The highest BCUT2D eigenvalue weighted by Crippen LogP contribution is 2.17. The van der Waals surface area contributed by atoms with Crippen LogP contribution >= 0.6 is 24.0 Å². The van der Waals surface area contributed by atoms with Crippen LogP contribution in [0.2, 0.25) is 0 Å². The van der Waals surface area contributed by atoms with Gasteiger partial charge in [0.05, 0.1) is 13.2 Å². The van der Waals surface area contributed by atoms with Crippen LogP contribution in [0.4, 0.5) is 0 Å². The molecule has 3 N–H and O–H groups in total. The summed E-state index contributed by atoms with van der Waals surface area (Å²) in [7, 11) is 0. The van der Waals surface area contributed by atoms with Gasteiger partial charge in [-0.25, -0.2) is 0 Å². The Kier molecular flexibility index (Phi) is 7.14. The van der Waals surface area contributed by atoms with Crippen molar-refractivity contribution in [3.63, 3.8) is 0 Å². The molecule has 1 aliphatic carbocycles. The van der Waals surface area contributed by atoms with Crippen LogP contribution in [0, 0.1) is 0 Å². The molecular formula is C11H23IN4O. The maximum absolute atomic E-state index is 5.76. The molecule has 0 bridgehead atoms. The number of ether oxygens (including phenoxy) is 1. The fourth-order valence-electron chi connectivity index (χ4n) is 1.82. The maximum Gasteiger partial charge on any atom is 0.188 e. The zero-order valence-electron chi connectivity index (χ0n) is 10.2. The minimum atomic E-state index is 0. The molecule has 0 aromatic carbocycles. The van der Waals surface area contributed by atoms with Crippen LogP contribution < -0.4 is 11.1 Å². The van der Waals surface area contributed by atoms with Crippen LogP contribution in [0.3, 0.4) is 0 Å². The third-order valence-electron chi connectivity index (χ3n) is 2.94. The molecule has 2 fully saturated rings. The lowest BCUT2D eigenvalue weighted by Crippen LogP contribution is -2.35. The second-order valence-electron chi connectivity index (χ2n) is 4.49. The Hall–Kier alpha value is -0.0800. The number of rotatable bonds is 4. The Balaban J connectivity index is 0.00000144. The Morgan fingerprint density at radius 3 is 2.94 bits per heavy atom. The van der Waals surface area contributed by atoms with E-state index in [0.717, 1.165) is 45.8 Å². The first-order valence-electron chi connectivity index (χ1n) is 6.21. The molecule has 0 aromatic rings. The molecule has 0 radical (unpaired) electrons. The van der Waals surface area contributed by atoms with Gasteiger partial charge in [0.1, 0.15) is 0 Å². The first-order chi connectivity index (χ1) is 7.84. The average Bonchev–Trinajstić information content (AvgIpc) is 3.05. The van der Waals surface area contributed by atoms with Crippen molar-refractivity contribution in [3.8, 4) is 0 Å². The lowest BCUT2D eigenvalue weighted by molar-refractivity contribution is 0.142. The zero-order valence-corrected chi connectivity index (χ0v) is 12.6. The average molecular weight is 354 g/mol. The molecule has 1 saturated heterocycles. The molecule has 100 valence electrons. The summed E-state index contributed by atoms with van der Waals surface area (Å²) in [6, 6.07) is 0.593. The van der Waals surface area contributed by atoms with Gasteiger partial charge in [0, 0.05) is 32.3 Å². The summed E-state index contributed by atoms with van der Waals surface area (Å²) in [6.45, 7) is 5.64. The number of nitrogens with one attached hydrogen (secondary N) is 1. The molecule has 1 heterocycles. The van der Waals surface area contributed by atoms with E-state index in [9.17, 15) is 0 Å². The molecule has 1 saturated carbocycles. The first-order valence-corrected chi connectivity index (χ1v) is 6.21. The molecule has 2 rings (SSSR count). The predicted octanol–water partition coefficient (Wildman–Crippen LogP) is 0.393. The molecule has 1 aliphatic heterocycles. The van der Waals surface area contributed by atoms with Crippen molar-refractivity contribution in [1.82, 2.24) is 10.2 Å². The lowest BCUT2D eigenvalue weighted by atomic mass is 10.4. The van der Waals surface area contributed by atoms with Crippen LogP contribution in [0.15, 0.2) is 4.99 Å². The lowest BCUT2D eigenvalue weighted by Gasteiger charge is -2.17. The van der Waals surface area contributed by atoms with E-state index in [2.05, 4.69) is 15.2 Å². The van der Waals surface area contributed by atoms with E-state index in [0.29, 0.717) is 12.0 Å². The van der Waals surface area contributed by atoms with Crippen molar-refractivity contribution in [2.24, 2.45) is 10.7 Å². The van der Waals surface area contributed by atoms with E-state index in [1.54, 1.807) is 0 Å². The van der Waals surface area contributed by atoms with Gasteiger partial charge in [-0.15, -0.1) is 24.0 Å². The Labute approximate surface area is 120 Å². The van der Waals surface area contributed by atoms with Gasteiger partial charge in [-0.05, 0) is 19.3 Å². The predicted molar refractivity (Wildman–Crippen MR) is 79.9 cm³/mol. The molecular weight excluding hydrogens is 331 g/mol. The second kappa shape index (κ2) is 8.10. The summed E-state index contributed by atoms with van der Waals surface area (Å²) >= 11 is 0. The summed E-state index contributed by atoms with van der Waals surface area (Å²) in [6.07, 6.45) is 3.60. The topological polar surface area (TPSA) is 62.9 Å². The van der Waals surface area contributed by atoms with E-state index in [-0.39, 0.29) is 24.0 Å². The van der Waals surface area contributed by atoms with Gasteiger partial charge < -0.3 is 15.8 Å². The van der Waals surface area contributed by atoms with Crippen LogP contribution in [0.1, 0.15) is 19.3 Å². The van der Waals surface area contributed by atoms with Crippen molar-refractivity contribution < 1.29 is 4.74 Å². The third-order valence-corrected chi connectivity index (χ3v) is 2.94. The number of guanidine groups is 1. The first kappa shape index (κ1) is 15.0. The number of nitrogens with zero attached hydrogens (tertiary/aromatic N) is 2. The van der Waals surface area contributed by atoms with Gasteiger partial charge in [0.2, 0.25) is 0 Å². The van der Waals surface area contributed by atoms with E-state index in [1.165, 1.54) is 12.8 Å². The highest BCUT2D eigenvalue weighted by atomic mass is 127. The van der Waals surface area contributed by atoms with Gasteiger partial charge in [-0.3, -0.25) is 9.89 Å². The Bertz CT molecular complexity index is 238. The number of hydrogen-bond acceptors (Lipinski definition) is 3. The normalized spacial score (nSPS) is 22.7. The SMILES string of the molecule is I.NC(=NCCN1CCCOCC1)NC1CC1. The number of aliphatic imine (C=N–C) groups is 1. The highest BCUT2D eigenvalue weighted by molar-refractivity contribution is 14.0. The van der Waals surface area contributed by atoms with Crippen LogP contribution in [-0.2, 0) is 4.74 Å². The summed E-state index contributed by atoms with van der Waals surface area (Å²) < 4.78 is 5.40. The van der Waals surface area contributed by atoms with Crippen molar-refractivity contribution in [3.05, 3.63) is 0 Å². The number of nitrogens with two attached hydrogens (primary N) is 1. The standard InChI is InChI=1S/C11H22N4O.HI/c12-11(14-10-2-3-10)13-4-6-15-5-1-8-16-9-7-15;/h10H,1-9H2,(H3,12,13,14);1H. The van der Waals surface area contributed by atoms with Crippen LogP contribution in [0.5, 0.6) is 0 Å². The monoisotopic (exact) mass is 354 g/mol. The summed E-state index contributed by atoms with van der Waals surface area (Å²) in [5.74, 6) is 0.605. The third kappa shape index (κ3) is 6.42. The summed E-state index contributed by atoms with van der Waals surface area (Å²) in [5, 5.41) is 3.19. The summed E-state index contributed by atoms with van der Waals surface area (Å²) in [4.78, 5) is 6.72. The largest absolute Gasteiger partial charge is 0.380 e. The fourth-order valence-corrected chi connectivity index (χ4v) is 1.82. The molecule has 0 atom stereocenters. The molecule has 0 amide bonds. The van der Waals surface area contributed by atoms with Crippen molar-refractivity contribution in [2.45, 2.75) is 25.3 Å². The zero-order chi connectivity index (χ0) is 11.2. The number of hydrogen-bond donors (Lipinski definition) is 2. The molecule has 0 aromatic heterocycles. The Morgan fingerprint density at radius 2 is 2.18 bits per heavy atom. The van der Waals surface area contributed by atoms with E-state index in [4.69, 9.17) is 10.5 Å². The van der Waals surface area contributed by atoms with Crippen LogP contribution in [-0.4, -0.2) is 56.3 Å². The van der Waals surface area contributed by atoms with Gasteiger partial charge in [0.25, 0.3) is 0 Å². The van der Waals surface area contributed by atoms with E-state index < -0.39 is 0 Å². The van der Waals surface area contributed by atoms with Crippen molar-refractivity contribution in [2.75, 3.05) is 39.4 Å². The molecule has 17 heavy (non-hydrogen) atoms. The minimum absolute atomic E-state index is 0. The molecule has 5 nitrogen and oxygen atoms in total. The van der Waals surface area contributed by atoms with Gasteiger partial charge in [-0.1, -0.05) is 0 Å². The fraction of sp³-hybridized carbons (Fsp3) is 0.909. The smallest absolute Gasteiger partial charge is 0.188 e. The van der Waals surface area contributed by atoms with Gasteiger partial charge in [0.15, 0.2) is 5.96 Å². The van der Waals surface area contributed by atoms with Gasteiger partial charge >= 0.3 is 0 Å². The highest BCUT2D eigenvalue weighted by Gasteiger charge is 2.21. The molecule has 2 aliphatic rings. The minimum Gasteiger partial charge on any atom is -0.380 e. The Morgan fingerprint density at radius 1 is 1.35 bits per heavy atom. The van der Waals surface area contributed by atoms with Crippen molar-refractivity contribution >= 4 is 29.9 Å². The molecule has 0 spiro atoms. The maximum atomic E-state index is 5.76. The van der Waals surface area contributed by atoms with E-state index >= 15 is 0 Å². The van der Waals surface area contributed by atoms with Crippen molar-refractivity contribution in [1.29, 1.82) is 0 Å². The van der Waals surface area contributed by atoms with E-state index in [1.807, 2.05) is 0 Å². The summed E-state index contributed by atoms with van der Waals surface area (Å²) in [5.41, 5.74) is 5.76.